The van der Waals surface area contributed by atoms with E-state index in [1.807, 2.05) is 35.1 Å². The van der Waals surface area contributed by atoms with E-state index in [0.717, 1.165) is 11.8 Å². The molecule has 122 valence electrons. The molecule has 0 aliphatic rings. The topological polar surface area (TPSA) is 83.5 Å². The highest BCUT2D eigenvalue weighted by molar-refractivity contribution is 7.89. The van der Waals surface area contributed by atoms with Gasteiger partial charge in [0.2, 0.25) is 15.9 Å². The maximum atomic E-state index is 12.0. The Morgan fingerprint density at radius 2 is 1.57 bits per heavy atom. The zero-order valence-corrected chi connectivity index (χ0v) is 13.7. The minimum Gasteiger partial charge on any atom is -0.384 e. The van der Waals surface area contributed by atoms with Crippen LogP contribution in [0.15, 0.2) is 54.6 Å². The third-order valence-electron chi connectivity index (χ3n) is 3.52. The van der Waals surface area contributed by atoms with Gasteiger partial charge in [0.05, 0.1) is 12.2 Å². The predicted octanol–water partition coefficient (Wildman–Crippen LogP) is 1.95. The monoisotopic (exact) mass is 333 g/mol. The van der Waals surface area contributed by atoms with Crippen molar-refractivity contribution in [3.8, 4) is 0 Å². The van der Waals surface area contributed by atoms with Crippen LogP contribution in [0, 0.1) is 0 Å². The fraction of sp³-hybridized carbons (Fsp3) is 0.235. The van der Waals surface area contributed by atoms with Crippen molar-refractivity contribution in [1.82, 2.24) is 4.72 Å². The van der Waals surface area contributed by atoms with Crippen LogP contribution in [-0.4, -0.2) is 25.7 Å². The highest BCUT2D eigenvalue weighted by Gasteiger charge is 2.20. The second kappa shape index (κ2) is 6.93. The van der Waals surface area contributed by atoms with Crippen molar-refractivity contribution < 1.29 is 18.3 Å². The lowest BCUT2D eigenvalue weighted by atomic mass is 9.94. The van der Waals surface area contributed by atoms with Crippen molar-refractivity contribution >= 4 is 15.9 Å². The molecule has 0 heterocycles. The minimum atomic E-state index is -3.59. The van der Waals surface area contributed by atoms with E-state index in [-0.39, 0.29) is 0 Å². The lowest BCUT2D eigenvalue weighted by Crippen LogP contribution is -2.32. The molecule has 0 fully saturated rings. The van der Waals surface area contributed by atoms with Crippen molar-refractivity contribution in [1.29, 1.82) is 0 Å². The molecular weight excluding hydrogens is 314 g/mol. The van der Waals surface area contributed by atoms with Gasteiger partial charge in [0, 0.05) is 0 Å². The third kappa shape index (κ3) is 4.64. The molecule has 0 unspecified atom stereocenters. The van der Waals surface area contributed by atoms with Crippen LogP contribution in [0.2, 0.25) is 0 Å². The smallest absolute Gasteiger partial charge is 0.240 e. The molecular formula is C17H19NO4S. The summed E-state index contributed by atoms with van der Waals surface area (Å²) >= 11 is 0. The van der Waals surface area contributed by atoms with Gasteiger partial charge >= 0.3 is 0 Å². The van der Waals surface area contributed by atoms with Gasteiger partial charge < -0.3 is 5.11 Å². The molecule has 2 aromatic rings. The van der Waals surface area contributed by atoms with Crippen LogP contribution < -0.4 is 4.72 Å². The van der Waals surface area contributed by atoms with Crippen LogP contribution in [-0.2, 0) is 14.8 Å². The number of nitrogens with one attached hydrogen (secondary N) is 1. The Kier molecular flexibility index (Phi) is 5.18. The lowest BCUT2D eigenvalue weighted by Gasteiger charge is -2.16. The second-order valence-electron chi connectivity index (χ2n) is 5.44. The lowest BCUT2D eigenvalue weighted by molar-refractivity contribution is -0.120. The summed E-state index contributed by atoms with van der Waals surface area (Å²) in [5.74, 6) is -1.24. The maximum Gasteiger partial charge on any atom is 0.240 e. The number of amides is 1. The Morgan fingerprint density at radius 3 is 2.17 bits per heavy atom. The molecule has 6 heteroatoms. The van der Waals surface area contributed by atoms with E-state index in [0.29, 0.717) is 11.1 Å². The average molecular weight is 333 g/mol. The first-order valence-corrected chi connectivity index (χ1v) is 9.01. The molecule has 1 amide bonds. The van der Waals surface area contributed by atoms with Crippen molar-refractivity contribution in [2.75, 3.05) is 6.26 Å². The van der Waals surface area contributed by atoms with E-state index in [1.165, 1.54) is 0 Å². The van der Waals surface area contributed by atoms with Crippen LogP contribution in [0.5, 0.6) is 0 Å². The molecule has 5 nitrogen and oxygen atoms in total. The molecule has 0 saturated carbocycles. The van der Waals surface area contributed by atoms with Crippen LogP contribution in [0.3, 0.4) is 0 Å². The van der Waals surface area contributed by atoms with Gasteiger partial charge in [0.25, 0.3) is 0 Å². The van der Waals surface area contributed by atoms with E-state index in [2.05, 4.69) is 0 Å². The zero-order chi connectivity index (χ0) is 17.0. The van der Waals surface area contributed by atoms with Crippen LogP contribution in [0.25, 0.3) is 0 Å². The number of hydrogen-bond donors (Lipinski definition) is 2. The van der Waals surface area contributed by atoms with Crippen molar-refractivity contribution in [3.05, 3.63) is 71.3 Å². The Labute approximate surface area is 136 Å². The number of rotatable bonds is 5. The summed E-state index contributed by atoms with van der Waals surface area (Å²) in [4.78, 5) is 12.0. The normalized spacial score (nSPS) is 14.0. The van der Waals surface area contributed by atoms with E-state index in [4.69, 9.17) is 0 Å². The molecule has 2 rings (SSSR count). The fourth-order valence-electron chi connectivity index (χ4n) is 2.25. The average Bonchev–Trinajstić information content (AvgIpc) is 2.52. The largest absolute Gasteiger partial charge is 0.384 e. The maximum absolute atomic E-state index is 12.0. The molecule has 2 atom stereocenters. The minimum absolute atomic E-state index is 0.598. The van der Waals surface area contributed by atoms with Gasteiger partial charge in [-0.15, -0.1) is 0 Å². The summed E-state index contributed by atoms with van der Waals surface area (Å²) in [7, 11) is -3.59. The first-order chi connectivity index (χ1) is 10.8. The molecule has 2 aromatic carbocycles. The van der Waals surface area contributed by atoms with E-state index < -0.39 is 28.0 Å². The molecule has 0 spiro atoms. The summed E-state index contributed by atoms with van der Waals surface area (Å²) in [5, 5.41) is 10.4. The van der Waals surface area contributed by atoms with Crippen LogP contribution in [0.1, 0.15) is 35.6 Å². The second-order valence-corrected chi connectivity index (χ2v) is 7.19. The molecule has 0 radical (unpaired) electrons. The Bertz CT molecular complexity index is 787. The van der Waals surface area contributed by atoms with Gasteiger partial charge in [-0.2, -0.15) is 0 Å². The molecule has 0 aliphatic carbocycles. The summed E-state index contributed by atoms with van der Waals surface area (Å²) in [6, 6.07) is 16.1. The summed E-state index contributed by atoms with van der Waals surface area (Å²) in [6.45, 7) is 1.62. The number of sulfonamides is 1. The van der Waals surface area contributed by atoms with Gasteiger partial charge in [-0.3, -0.25) is 9.52 Å². The van der Waals surface area contributed by atoms with E-state index >= 15 is 0 Å². The quantitative estimate of drug-likeness (QED) is 0.876. The first-order valence-electron chi connectivity index (χ1n) is 7.12. The highest BCUT2D eigenvalue weighted by atomic mass is 32.2. The van der Waals surface area contributed by atoms with Crippen LogP contribution in [0.4, 0.5) is 0 Å². The van der Waals surface area contributed by atoms with Gasteiger partial charge in [0.15, 0.2) is 0 Å². The Morgan fingerprint density at radius 1 is 1.00 bits per heavy atom. The number of carbonyl (C=O) groups excluding carboxylic acids is 1. The molecule has 2 N–H and O–H groups in total. The summed E-state index contributed by atoms with van der Waals surface area (Å²) in [5.41, 5.74) is 2.03. The van der Waals surface area contributed by atoms with Gasteiger partial charge in [-0.1, -0.05) is 54.6 Å². The Hall–Kier alpha value is -2.18. The van der Waals surface area contributed by atoms with Crippen molar-refractivity contribution in [2.45, 2.75) is 18.9 Å². The zero-order valence-electron chi connectivity index (χ0n) is 12.9. The number of benzene rings is 2. The molecule has 0 saturated heterocycles. The van der Waals surface area contributed by atoms with Gasteiger partial charge in [0.1, 0.15) is 6.10 Å². The van der Waals surface area contributed by atoms with E-state index in [1.54, 1.807) is 31.2 Å². The molecule has 0 bridgehead atoms. The van der Waals surface area contributed by atoms with Crippen molar-refractivity contribution in [2.24, 2.45) is 0 Å². The highest BCUT2D eigenvalue weighted by Crippen LogP contribution is 2.25. The summed E-state index contributed by atoms with van der Waals surface area (Å²) in [6.07, 6.45) is 0.133. The van der Waals surface area contributed by atoms with Gasteiger partial charge in [-0.25, -0.2) is 8.42 Å². The molecule has 0 aromatic heterocycles. The SMILES string of the molecule is C[C@@H](C(=O)NS(C)(=O)=O)c1cccc([C@H](O)c2ccccc2)c1. The van der Waals surface area contributed by atoms with E-state index in [9.17, 15) is 18.3 Å². The molecule has 0 aliphatic heterocycles. The number of carbonyl (C=O) groups is 1. The van der Waals surface area contributed by atoms with Gasteiger partial charge in [-0.05, 0) is 23.6 Å². The van der Waals surface area contributed by atoms with Crippen LogP contribution >= 0.6 is 0 Å². The summed E-state index contributed by atoms with van der Waals surface area (Å²) < 4.78 is 24.3. The Balaban J connectivity index is 2.24. The predicted molar refractivity (Wildman–Crippen MR) is 88.3 cm³/mol. The standard InChI is InChI=1S/C17H19NO4S/c1-12(17(20)18-23(2,21)22)14-9-6-10-15(11-14)16(19)13-7-4-3-5-8-13/h3-12,16,19H,1-2H3,(H,18,20)/t12-,16-/m1/s1. The number of hydrogen-bond acceptors (Lipinski definition) is 4. The fourth-order valence-corrected chi connectivity index (χ4v) is 2.79. The molecule has 23 heavy (non-hydrogen) atoms. The first kappa shape index (κ1) is 17.2. The number of aliphatic hydroxyl groups is 1. The number of aliphatic hydroxyl groups excluding tert-OH is 1. The third-order valence-corrected chi connectivity index (χ3v) is 4.09. The van der Waals surface area contributed by atoms with Crippen molar-refractivity contribution in [3.63, 3.8) is 0 Å².